The molecule has 1 unspecified atom stereocenters. The van der Waals surface area contributed by atoms with Crippen LogP contribution in [0.5, 0.6) is 5.75 Å². The highest BCUT2D eigenvalue weighted by Crippen LogP contribution is 2.25. The normalized spacial score (nSPS) is 16.8. The van der Waals surface area contributed by atoms with Crippen LogP contribution in [-0.2, 0) is 0 Å². The number of nitrogens with zero attached hydrogens (tertiary/aromatic N) is 1. The van der Waals surface area contributed by atoms with E-state index in [-0.39, 0.29) is 5.91 Å². The van der Waals surface area contributed by atoms with Crippen LogP contribution in [0, 0.1) is 19.8 Å². The van der Waals surface area contributed by atoms with Crippen molar-refractivity contribution in [3.63, 3.8) is 0 Å². The van der Waals surface area contributed by atoms with Crippen LogP contribution in [0.3, 0.4) is 0 Å². The summed E-state index contributed by atoms with van der Waals surface area (Å²) in [6.45, 7) is 6.81. The Kier molecular flexibility index (Phi) is 5.27. The summed E-state index contributed by atoms with van der Waals surface area (Å²) in [6, 6.07) is 14.0. The van der Waals surface area contributed by atoms with Crippen LogP contribution in [0.25, 0.3) is 0 Å². The SMILES string of the molecule is COc1ccc(N2CCC(CNC(=O)c3ccc(C)c(C)c3)C2)cc1. The van der Waals surface area contributed by atoms with Crippen LogP contribution in [-0.4, -0.2) is 32.7 Å². The van der Waals surface area contributed by atoms with Crippen LogP contribution in [0.4, 0.5) is 5.69 Å². The summed E-state index contributed by atoms with van der Waals surface area (Å²) in [6.07, 6.45) is 1.10. The van der Waals surface area contributed by atoms with Gasteiger partial charge in [0.15, 0.2) is 0 Å². The number of carbonyl (C=O) groups is 1. The molecule has 1 atom stereocenters. The van der Waals surface area contributed by atoms with Crippen molar-refractivity contribution in [1.82, 2.24) is 5.32 Å². The lowest BCUT2D eigenvalue weighted by Crippen LogP contribution is -2.31. The fourth-order valence-electron chi connectivity index (χ4n) is 3.25. The van der Waals surface area contributed by atoms with Gasteiger partial charge in [-0.05, 0) is 73.7 Å². The fraction of sp³-hybridized carbons (Fsp3) is 0.381. The minimum atomic E-state index is 0.0194. The molecule has 4 nitrogen and oxygen atoms in total. The minimum absolute atomic E-state index is 0.0194. The molecule has 1 N–H and O–H groups in total. The summed E-state index contributed by atoms with van der Waals surface area (Å²) < 4.78 is 5.21. The van der Waals surface area contributed by atoms with Gasteiger partial charge in [0, 0.05) is 30.9 Å². The maximum absolute atomic E-state index is 12.3. The number of rotatable bonds is 5. The molecule has 0 spiro atoms. The first-order valence-electron chi connectivity index (χ1n) is 8.81. The lowest BCUT2D eigenvalue weighted by atomic mass is 10.1. The number of hydrogen-bond donors (Lipinski definition) is 1. The first kappa shape index (κ1) is 17.3. The zero-order valence-corrected chi connectivity index (χ0v) is 15.2. The van der Waals surface area contributed by atoms with Crippen LogP contribution < -0.4 is 15.0 Å². The number of methoxy groups -OCH3 is 1. The third-order valence-electron chi connectivity index (χ3n) is 5.04. The number of benzene rings is 2. The summed E-state index contributed by atoms with van der Waals surface area (Å²) in [4.78, 5) is 14.7. The van der Waals surface area contributed by atoms with Gasteiger partial charge in [0.1, 0.15) is 5.75 Å². The Hall–Kier alpha value is -2.49. The Morgan fingerprint density at radius 2 is 1.92 bits per heavy atom. The third-order valence-corrected chi connectivity index (χ3v) is 5.04. The highest BCUT2D eigenvalue weighted by Gasteiger charge is 2.23. The molecular formula is C21H26N2O2. The van der Waals surface area contributed by atoms with Gasteiger partial charge in [-0.3, -0.25) is 4.79 Å². The van der Waals surface area contributed by atoms with E-state index in [9.17, 15) is 4.79 Å². The minimum Gasteiger partial charge on any atom is -0.497 e. The molecule has 1 heterocycles. The summed E-state index contributed by atoms with van der Waals surface area (Å²) >= 11 is 0. The summed E-state index contributed by atoms with van der Waals surface area (Å²) in [5.41, 5.74) is 4.32. The van der Waals surface area contributed by atoms with Crippen molar-refractivity contribution in [2.45, 2.75) is 20.3 Å². The van der Waals surface area contributed by atoms with Crippen LogP contribution >= 0.6 is 0 Å². The van der Waals surface area contributed by atoms with E-state index >= 15 is 0 Å². The van der Waals surface area contributed by atoms with E-state index in [0.29, 0.717) is 5.92 Å². The predicted molar refractivity (Wildman–Crippen MR) is 102 cm³/mol. The second-order valence-corrected chi connectivity index (χ2v) is 6.81. The molecule has 1 aliphatic rings. The predicted octanol–water partition coefficient (Wildman–Crippen LogP) is 3.57. The van der Waals surface area contributed by atoms with E-state index in [1.54, 1.807) is 7.11 Å². The summed E-state index contributed by atoms with van der Waals surface area (Å²) in [5.74, 6) is 1.38. The van der Waals surface area contributed by atoms with Crippen molar-refractivity contribution in [2.24, 2.45) is 5.92 Å². The van der Waals surface area contributed by atoms with Gasteiger partial charge in [-0.15, -0.1) is 0 Å². The van der Waals surface area contributed by atoms with Gasteiger partial charge in [0.2, 0.25) is 0 Å². The Morgan fingerprint density at radius 3 is 2.60 bits per heavy atom. The Bertz CT molecular complexity index is 740. The first-order valence-corrected chi connectivity index (χ1v) is 8.81. The lowest BCUT2D eigenvalue weighted by Gasteiger charge is -2.19. The Morgan fingerprint density at radius 1 is 1.16 bits per heavy atom. The molecule has 1 fully saturated rings. The van der Waals surface area contributed by atoms with Gasteiger partial charge in [-0.25, -0.2) is 0 Å². The average Bonchev–Trinajstić information content (AvgIpc) is 3.11. The molecular weight excluding hydrogens is 312 g/mol. The zero-order valence-electron chi connectivity index (χ0n) is 15.2. The molecule has 0 saturated carbocycles. The molecule has 2 aromatic rings. The molecule has 0 bridgehead atoms. The summed E-state index contributed by atoms with van der Waals surface area (Å²) in [7, 11) is 1.68. The highest BCUT2D eigenvalue weighted by molar-refractivity contribution is 5.94. The second kappa shape index (κ2) is 7.60. The van der Waals surface area contributed by atoms with E-state index in [4.69, 9.17) is 4.74 Å². The molecule has 0 aliphatic carbocycles. The number of ether oxygens (including phenoxy) is 1. The van der Waals surface area contributed by atoms with Gasteiger partial charge < -0.3 is 15.0 Å². The molecule has 3 rings (SSSR count). The number of hydrogen-bond acceptors (Lipinski definition) is 3. The van der Waals surface area contributed by atoms with E-state index in [0.717, 1.165) is 42.9 Å². The number of carbonyl (C=O) groups excluding carboxylic acids is 1. The Balaban J connectivity index is 1.52. The van der Waals surface area contributed by atoms with E-state index in [1.165, 1.54) is 11.3 Å². The molecule has 132 valence electrons. The van der Waals surface area contributed by atoms with Gasteiger partial charge >= 0.3 is 0 Å². The van der Waals surface area contributed by atoms with Crippen LogP contribution in [0.15, 0.2) is 42.5 Å². The van der Waals surface area contributed by atoms with E-state index in [1.807, 2.05) is 37.3 Å². The topological polar surface area (TPSA) is 41.6 Å². The molecule has 1 amide bonds. The quantitative estimate of drug-likeness (QED) is 0.906. The van der Waals surface area contributed by atoms with Gasteiger partial charge in [0.25, 0.3) is 5.91 Å². The second-order valence-electron chi connectivity index (χ2n) is 6.81. The van der Waals surface area contributed by atoms with Crippen molar-refractivity contribution in [3.8, 4) is 5.75 Å². The van der Waals surface area contributed by atoms with Crippen LogP contribution in [0.2, 0.25) is 0 Å². The molecule has 1 aliphatic heterocycles. The van der Waals surface area contributed by atoms with Gasteiger partial charge in [-0.1, -0.05) is 6.07 Å². The van der Waals surface area contributed by atoms with Gasteiger partial charge in [0.05, 0.1) is 7.11 Å². The van der Waals surface area contributed by atoms with Crippen molar-refractivity contribution in [3.05, 3.63) is 59.2 Å². The third kappa shape index (κ3) is 4.13. The molecule has 2 aromatic carbocycles. The summed E-state index contributed by atoms with van der Waals surface area (Å²) in [5, 5.41) is 3.09. The number of amides is 1. The molecule has 0 radical (unpaired) electrons. The monoisotopic (exact) mass is 338 g/mol. The number of nitrogens with one attached hydrogen (secondary N) is 1. The lowest BCUT2D eigenvalue weighted by molar-refractivity contribution is 0.0948. The van der Waals surface area contributed by atoms with E-state index < -0.39 is 0 Å². The molecule has 1 saturated heterocycles. The van der Waals surface area contributed by atoms with Crippen molar-refractivity contribution in [2.75, 3.05) is 31.6 Å². The average molecular weight is 338 g/mol. The van der Waals surface area contributed by atoms with Crippen molar-refractivity contribution >= 4 is 11.6 Å². The standard InChI is InChI=1S/C21H26N2O2/c1-15-4-5-18(12-16(15)2)21(24)22-13-17-10-11-23(14-17)19-6-8-20(25-3)9-7-19/h4-9,12,17H,10-11,13-14H2,1-3H3,(H,22,24). The fourth-order valence-corrected chi connectivity index (χ4v) is 3.25. The van der Waals surface area contributed by atoms with Crippen molar-refractivity contribution in [1.29, 1.82) is 0 Å². The van der Waals surface area contributed by atoms with E-state index in [2.05, 4.69) is 29.3 Å². The largest absolute Gasteiger partial charge is 0.497 e. The highest BCUT2D eigenvalue weighted by atomic mass is 16.5. The molecule has 4 heteroatoms. The van der Waals surface area contributed by atoms with Crippen molar-refractivity contribution < 1.29 is 9.53 Å². The maximum atomic E-state index is 12.3. The van der Waals surface area contributed by atoms with Gasteiger partial charge in [-0.2, -0.15) is 0 Å². The zero-order chi connectivity index (χ0) is 17.8. The first-order chi connectivity index (χ1) is 12.1. The smallest absolute Gasteiger partial charge is 0.251 e. The Labute approximate surface area is 149 Å². The maximum Gasteiger partial charge on any atom is 0.251 e. The molecule has 25 heavy (non-hydrogen) atoms. The van der Waals surface area contributed by atoms with Crippen LogP contribution in [0.1, 0.15) is 27.9 Å². The molecule has 0 aromatic heterocycles. The number of aryl methyl sites for hydroxylation is 2. The number of anilines is 1.